The van der Waals surface area contributed by atoms with Crippen LogP contribution in [0.15, 0.2) is 43.0 Å². The second-order valence-corrected chi connectivity index (χ2v) is 3.50. The van der Waals surface area contributed by atoms with Crippen molar-refractivity contribution in [2.75, 3.05) is 13.1 Å². The van der Waals surface area contributed by atoms with Gasteiger partial charge in [-0.25, -0.2) is 0 Å². The summed E-state index contributed by atoms with van der Waals surface area (Å²) in [7, 11) is 0. The Kier molecular flexibility index (Phi) is 2.72. The molecule has 1 heterocycles. The monoisotopic (exact) mass is 203 g/mol. The number of rotatable bonds is 3. The first-order valence-corrected chi connectivity index (χ1v) is 4.92. The summed E-state index contributed by atoms with van der Waals surface area (Å²) in [5, 5.41) is 0. The van der Waals surface area contributed by atoms with Crippen LogP contribution in [0.3, 0.4) is 0 Å². The Morgan fingerprint density at radius 2 is 2.07 bits per heavy atom. The van der Waals surface area contributed by atoms with Crippen LogP contribution in [0.1, 0.15) is 0 Å². The number of para-hydroxylation sites is 1. The second kappa shape index (κ2) is 4.17. The maximum atomic E-state index is 11.1. The Hall–Kier alpha value is -1.77. The normalized spacial score (nSPS) is 15.6. The number of hydrogen-bond acceptors (Lipinski definition) is 2. The molecular weight excluding hydrogens is 190 g/mol. The van der Waals surface area contributed by atoms with Crippen molar-refractivity contribution in [2.24, 2.45) is 0 Å². The zero-order valence-corrected chi connectivity index (χ0v) is 8.43. The minimum absolute atomic E-state index is 0.0251. The molecule has 3 nitrogen and oxygen atoms in total. The van der Waals surface area contributed by atoms with Gasteiger partial charge in [0.25, 0.3) is 0 Å². The van der Waals surface area contributed by atoms with E-state index in [2.05, 4.69) is 6.58 Å². The maximum absolute atomic E-state index is 11.1. The minimum Gasteiger partial charge on any atom is -0.487 e. The number of ether oxygens (including phenoxy) is 1. The number of benzene rings is 1. The summed E-state index contributed by atoms with van der Waals surface area (Å²) in [4.78, 5) is 12.9. The molecule has 1 saturated heterocycles. The molecule has 0 aliphatic carbocycles. The summed E-state index contributed by atoms with van der Waals surface area (Å²) in [5.41, 5.74) is 0. The van der Waals surface area contributed by atoms with Crippen LogP contribution in [0.4, 0.5) is 0 Å². The van der Waals surface area contributed by atoms with Gasteiger partial charge in [0.2, 0.25) is 5.91 Å². The Balaban J connectivity index is 1.81. The third-order valence-corrected chi connectivity index (χ3v) is 2.38. The minimum atomic E-state index is -0.0251. The highest BCUT2D eigenvalue weighted by Crippen LogP contribution is 2.17. The van der Waals surface area contributed by atoms with Crippen LogP contribution in [-0.4, -0.2) is 30.0 Å². The van der Waals surface area contributed by atoms with Crippen molar-refractivity contribution in [3.05, 3.63) is 43.0 Å². The topological polar surface area (TPSA) is 29.5 Å². The zero-order chi connectivity index (χ0) is 10.7. The first-order valence-electron chi connectivity index (χ1n) is 4.92. The van der Waals surface area contributed by atoms with E-state index < -0.39 is 0 Å². The van der Waals surface area contributed by atoms with Crippen LogP contribution in [0.25, 0.3) is 0 Å². The fraction of sp³-hybridized carbons (Fsp3) is 0.250. The van der Waals surface area contributed by atoms with Gasteiger partial charge in [0, 0.05) is 0 Å². The molecule has 1 aromatic rings. The fourth-order valence-electron chi connectivity index (χ4n) is 1.51. The maximum Gasteiger partial charge on any atom is 0.246 e. The molecule has 1 aromatic carbocycles. The predicted octanol–water partition coefficient (Wildman–Crippen LogP) is 1.46. The highest BCUT2D eigenvalue weighted by Gasteiger charge is 2.30. The molecule has 1 aliphatic rings. The van der Waals surface area contributed by atoms with Gasteiger partial charge < -0.3 is 9.64 Å². The SMILES string of the molecule is C=CC(=O)N1CC(Oc2ccccc2)C1. The molecule has 3 heteroatoms. The van der Waals surface area contributed by atoms with Crippen molar-refractivity contribution in [1.29, 1.82) is 0 Å². The molecule has 0 atom stereocenters. The number of carbonyl (C=O) groups excluding carboxylic acids is 1. The largest absolute Gasteiger partial charge is 0.487 e. The second-order valence-electron chi connectivity index (χ2n) is 3.50. The van der Waals surface area contributed by atoms with Gasteiger partial charge in [-0.15, -0.1) is 0 Å². The van der Waals surface area contributed by atoms with Gasteiger partial charge in [-0.1, -0.05) is 24.8 Å². The van der Waals surface area contributed by atoms with E-state index in [1.54, 1.807) is 4.90 Å². The number of likely N-dealkylation sites (tertiary alicyclic amines) is 1. The van der Waals surface area contributed by atoms with Crippen molar-refractivity contribution in [1.82, 2.24) is 4.90 Å². The lowest BCUT2D eigenvalue weighted by Gasteiger charge is -2.38. The van der Waals surface area contributed by atoms with E-state index in [0.29, 0.717) is 13.1 Å². The smallest absolute Gasteiger partial charge is 0.246 e. The summed E-state index contributed by atoms with van der Waals surface area (Å²) in [6, 6.07) is 9.64. The lowest BCUT2D eigenvalue weighted by molar-refractivity contribution is -0.134. The first-order chi connectivity index (χ1) is 7.29. The Morgan fingerprint density at radius 3 is 2.67 bits per heavy atom. The molecule has 15 heavy (non-hydrogen) atoms. The molecule has 2 rings (SSSR count). The van der Waals surface area contributed by atoms with Gasteiger partial charge in [0.15, 0.2) is 0 Å². The Morgan fingerprint density at radius 1 is 1.40 bits per heavy atom. The van der Waals surface area contributed by atoms with Crippen LogP contribution >= 0.6 is 0 Å². The third-order valence-electron chi connectivity index (χ3n) is 2.38. The Bertz CT molecular complexity index is 355. The zero-order valence-electron chi connectivity index (χ0n) is 8.43. The lowest BCUT2D eigenvalue weighted by Crippen LogP contribution is -2.55. The van der Waals surface area contributed by atoms with Crippen molar-refractivity contribution >= 4 is 5.91 Å². The molecule has 1 amide bonds. The van der Waals surface area contributed by atoms with E-state index in [0.717, 1.165) is 5.75 Å². The molecular formula is C12H13NO2. The number of hydrogen-bond donors (Lipinski definition) is 0. The fourth-order valence-corrected chi connectivity index (χ4v) is 1.51. The summed E-state index contributed by atoms with van der Waals surface area (Å²) in [6.45, 7) is 4.75. The quantitative estimate of drug-likeness (QED) is 0.696. The highest BCUT2D eigenvalue weighted by atomic mass is 16.5. The van der Waals surface area contributed by atoms with E-state index in [9.17, 15) is 4.79 Å². The average molecular weight is 203 g/mol. The molecule has 78 valence electrons. The first kappa shape index (κ1) is 9.77. The average Bonchev–Trinajstić information content (AvgIpc) is 2.23. The highest BCUT2D eigenvalue weighted by molar-refractivity contribution is 5.87. The van der Waals surface area contributed by atoms with Gasteiger partial charge in [-0.05, 0) is 18.2 Å². The van der Waals surface area contributed by atoms with Gasteiger partial charge in [0.1, 0.15) is 11.9 Å². The van der Waals surface area contributed by atoms with Crippen LogP contribution in [0, 0.1) is 0 Å². The molecule has 1 aliphatic heterocycles. The van der Waals surface area contributed by atoms with Crippen LogP contribution in [0.5, 0.6) is 5.75 Å². The molecule has 0 aromatic heterocycles. The molecule has 0 bridgehead atoms. The lowest BCUT2D eigenvalue weighted by atomic mass is 10.1. The molecule has 0 N–H and O–H groups in total. The number of nitrogens with zero attached hydrogens (tertiary/aromatic N) is 1. The van der Waals surface area contributed by atoms with Crippen LogP contribution < -0.4 is 4.74 Å². The summed E-state index contributed by atoms with van der Waals surface area (Å²) >= 11 is 0. The van der Waals surface area contributed by atoms with E-state index >= 15 is 0 Å². The van der Waals surface area contributed by atoms with Gasteiger partial charge in [-0.3, -0.25) is 4.79 Å². The third kappa shape index (κ3) is 2.18. The number of amides is 1. The summed E-state index contributed by atoms with van der Waals surface area (Å²) < 4.78 is 5.65. The molecule has 0 unspecified atom stereocenters. The Labute approximate surface area is 89.0 Å². The number of carbonyl (C=O) groups is 1. The van der Waals surface area contributed by atoms with E-state index in [4.69, 9.17) is 4.74 Å². The summed E-state index contributed by atoms with van der Waals surface area (Å²) in [6.07, 6.45) is 1.45. The van der Waals surface area contributed by atoms with Gasteiger partial charge >= 0.3 is 0 Å². The van der Waals surface area contributed by atoms with Gasteiger partial charge in [-0.2, -0.15) is 0 Å². The van der Waals surface area contributed by atoms with Crippen LogP contribution in [0.2, 0.25) is 0 Å². The van der Waals surface area contributed by atoms with Crippen molar-refractivity contribution in [3.8, 4) is 5.75 Å². The molecule has 1 fully saturated rings. The summed E-state index contributed by atoms with van der Waals surface area (Å²) in [5.74, 6) is 0.830. The van der Waals surface area contributed by atoms with Crippen molar-refractivity contribution in [2.45, 2.75) is 6.10 Å². The molecule has 0 spiro atoms. The molecule has 0 saturated carbocycles. The van der Waals surface area contributed by atoms with E-state index in [1.165, 1.54) is 6.08 Å². The standard InChI is InChI=1S/C12H13NO2/c1-2-12(14)13-8-11(9-13)15-10-6-4-3-5-7-10/h2-7,11H,1,8-9H2. The van der Waals surface area contributed by atoms with Gasteiger partial charge in [0.05, 0.1) is 13.1 Å². The van der Waals surface area contributed by atoms with Crippen molar-refractivity contribution < 1.29 is 9.53 Å². The molecule has 0 radical (unpaired) electrons. The van der Waals surface area contributed by atoms with Crippen LogP contribution in [-0.2, 0) is 4.79 Å². The predicted molar refractivity (Wildman–Crippen MR) is 57.6 cm³/mol. The van der Waals surface area contributed by atoms with E-state index in [1.807, 2.05) is 30.3 Å². The van der Waals surface area contributed by atoms with E-state index in [-0.39, 0.29) is 12.0 Å². The van der Waals surface area contributed by atoms with Crippen molar-refractivity contribution in [3.63, 3.8) is 0 Å².